The molecule has 2 aromatic carbocycles. The largest absolute Gasteiger partial charge is 0.507 e. The van der Waals surface area contributed by atoms with Crippen LogP contribution in [0.1, 0.15) is 37.4 Å². The number of fused-ring (bicyclic) bond motifs is 2. The summed E-state index contributed by atoms with van der Waals surface area (Å²) in [5.74, 6) is -2.20. The quantitative estimate of drug-likeness (QED) is 0.130. The van der Waals surface area contributed by atoms with Crippen LogP contribution in [0.15, 0.2) is 30.3 Å². The topological polar surface area (TPSA) is 253 Å². The number of carbonyl (C=O) groups is 2. The fourth-order valence-corrected chi connectivity index (χ4v) is 5.19. The average molecular weight is 595 g/mol. The summed E-state index contributed by atoms with van der Waals surface area (Å²) in [5.41, 5.74) is -0.564. The first kappa shape index (κ1) is 30.4. The Morgan fingerprint density at radius 3 is 2.02 bits per heavy atom. The van der Waals surface area contributed by atoms with E-state index in [2.05, 4.69) is 0 Å². The van der Waals surface area contributed by atoms with Crippen LogP contribution in [0.5, 0.6) is 11.5 Å². The molecule has 2 aromatic rings. The van der Waals surface area contributed by atoms with Crippen LogP contribution in [-0.2, 0) is 20.8 Å². The van der Waals surface area contributed by atoms with Gasteiger partial charge in [-0.1, -0.05) is 12.1 Å². The number of rotatable bonds is 7. The van der Waals surface area contributed by atoms with Gasteiger partial charge < -0.3 is 64.9 Å². The van der Waals surface area contributed by atoms with Crippen molar-refractivity contribution in [2.45, 2.75) is 68.0 Å². The minimum absolute atomic E-state index is 0.0899. The predicted molar refractivity (Wildman–Crippen MR) is 134 cm³/mol. The van der Waals surface area contributed by atoms with E-state index in [4.69, 9.17) is 18.9 Å². The van der Waals surface area contributed by atoms with Gasteiger partial charge >= 0.3 is 0 Å². The molecule has 2 saturated heterocycles. The van der Waals surface area contributed by atoms with Gasteiger partial charge in [0, 0.05) is 11.1 Å². The lowest BCUT2D eigenvalue weighted by Crippen LogP contribution is -2.62. The van der Waals surface area contributed by atoms with Gasteiger partial charge in [-0.05, 0) is 23.8 Å². The molecule has 2 heterocycles. The lowest BCUT2D eigenvalue weighted by atomic mass is 9.82. The zero-order valence-corrected chi connectivity index (χ0v) is 21.8. The van der Waals surface area contributed by atoms with E-state index in [9.17, 15) is 55.5 Å². The van der Waals surface area contributed by atoms with Gasteiger partial charge in [-0.3, -0.25) is 9.59 Å². The molecule has 5 rings (SSSR count). The normalized spacial score (nSPS) is 34.6. The van der Waals surface area contributed by atoms with Crippen LogP contribution >= 0.6 is 0 Å². The zero-order valence-electron chi connectivity index (χ0n) is 21.8. The Morgan fingerprint density at radius 1 is 0.714 bits per heavy atom. The molecular formula is C27H30O15. The van der Waals surface area contributed by atoms with Crippen molar-refractivity contribution in [2.75, 3.05) is 13.2 Å². The van der Waals surface area contributed by atoms with Crippen LogP contribution < -0.4 is 4.74 Å². The van der Waals surface area contributed by atoms with Crippen LogP contribution in [0, 0.1) is 0 Å². The fraction of sp³-hybridized carbons (Fsp3) is 0.481. The van der Waals surface area contributed by atoms with E-state index in [1.54, 1.807) is 0 Å². The van der Waals surface area contributed by atoms with Crippen LogP contribution in [0.3, 0.4) is 0 Å². The standard InChI is InChI=1S/C27H30O15/c28-6-9-4-11-16(12(30)5-9)21(34)17-10(18(11)31)2-1-3-13(17)40-27-25(38)23(36)20(33)15(42-27)8-39-26-24(37)22(35)19(32)14(7-29)41-26/h1-5,14-15,19-20,22-30,32-33,35-38H,6-8H2/t14-,15-,19-,20-,22+,23+,24-,25-,26-,27-/m1/s1. The Hall–Kier alpha value is -3.06. The van der Waals surface area contributed by atoms with Gasteiger partial charge in [0.05, 0.1) is 30.9 Å². The number of aliphatic hydroxyl groups excluding tert-OH is 8. The molecular weight excluding hydrogens is 564 g/mol. The molecule has 15 heteroatoms. The maximum absolute atomic E-state index is 13.4. The van der Waals surface area contributed by atoms with Crippen LogP contribution in [0.25, 0.3) is 0 Å². The summed E-state index contributed by atoms with van der Waals surface area (Å²) in [6, 6.07) is 6.46. The third kappa shape index (κ3) is 5.18. The Kier molecular flexibility index (Phi) is 8.62. The van der Waals surface area contributed by atoms with E-state index in [1.807, 2.05) is 0 Å². The highest BCUT2D eigenvalue weighted by molar-refractivity contribution is 6.30. The average Bonchev–Trinajstić information content (AvgIpc) is 2.98. The van der Waals surface area contributed by atoms with Gasteiger partial charge in [0.2, 0.25) is 12.1 Å². The number of ether oxygens (including phenoxy) is 4. The molecule has 9 N–H and O–H groups in total. The van der Waals surface area contributed by atoms with Crippen molar-refractivity contribution in [1.29, 1.82) is 0 Å². The smallest absolute Gasteiger partial charge is 0.229 e. The zero-order chi connectivity index (χ0) is 30.5. The first-order valence-corrected chi connectivity index (χ1v) is 13.0. The van der Waals surface area contributed by atoms with E-state index in [1.165, 1.54) is 24.3 Å². The summed E-state index contributed by atoms with van der Waals surface area (Å²) in [7, 11) is 0. The molecule has 10 atom stereocenters. The molecule has 228 valence electrons. The number of benzene rings is 2. The molecule has 0 amide bonds. The van der Waals surface area contributed by atoms with Crippen molar-refractivity contribution in [1.82, 2.24) is 0 Å². The molecule has 1 aliphatic carbocycles. The molecule has 15 nitrogen and oxygen atoms in total. The summed E-state index contributed by atoms with van der Waals surface area (Å²) < 4.78 is 22.0. The molecule has 0 spiro atoms. The van der Waals surface area contributed by atoms with Crippen LogP contribution in [-0.4, -0.2) is 132 Å². The SMILES string of the molecule is O=C1c2cc(CO)cc(O)c2C(=O)c2c(O[C@@H]3O[C@H](CO[C@@H]4O[C@H](CO)[C@@H](O)[C@H](O)[C@H]4O)[C@@H](O)[C@H](O)[C@H]3O)cccc21. The molecule has 42 heavy (non-hydrogen) atoms. The number of carbonyl (C=O) groups excluding carboxylic acids is 2. The van der Waals surface area contributed by atoms with Gasteiger partial charge in [0.1, 0.15) is 60.3 Å². The third-order valence-electron chi connectivity index (χ3n) is 7.51. The number of phenols is 1. The molecule has 3 aliphatic rings. The molecule has 2 aliphatic heterocycles. The van der Waals surface area contributed by atoms with Crippen molar-refractivity contribution in [3.05, 3.63) is 58.1 Å². The van der Waals surface area contributed by atoms with Gasteiger partial charge in [-0.25, -0.2) is 0 Å². The first-order valence-electron chi connectivity index (χ1n) is 13.0. The first-order chi connectivity index (χ1) is 20.0. The fourth-order valence-electron chi connectivity index (χ4n) is 5.19. The van der Waals surface area contributed by atoms with Gasteiger partial charge in [0.15, 0.2) is 12.1 Å². The second-order valence-corrected chi connectivity index (χ2v) is 10.2. The highest BCUT2D eigenvalue weighted by Gasteiger charge is 2.48. The highest BCUT2D eigenvalue weighted by atomic mass is 16.7. The summed E-state index contributed by atoms with van der Waals surface area (Å²) in [6.45, 7) is -1.79. The summed E-state index contributed by atoms with van der Waals surface area (Å²) in [4.78, 5) is 26.7. The minimum Gasteiger partial charge on any atom is -0.507 e. The van der Waals surface area contributed by atoms with E-state index >= 15 is 0 Å². The van der Waals surface area contributed by atoms with Gasteiger partial charge in [-0.2, -0.15) is 0 Å². The Morgan fingerprint density at radius 2 is 1.36 bits per heavy atom. The van der Waals surface area contributed by atoms with Crippen molar-refractivity contribution in [3.63, 3.8) is 0 Å². The van der Waals surface area contributed by atoms with Gasteiger partial charge in [0.25, 0.3) is 0 Å². The second kappa shape index (κ2) is 11.9. The molecule has 0 unspecified atom stereocenters. The molecule has 0 bridgehead atoms. The number of hydrogen-bond acceptors (Lipinski definition) is 15. The maximum atomic E-state index is 13.4. The van der Waals surface area contributed by atoms with Crippen molar-refractivity contribution >= 4 is 11.6 Å². The Balaban J connectivity index is 1.37. The van der Waals surface area contributed by atoms with E-state index < -0.39 is 98.5 Å². The summed E-state index contributed by atoms with van der Waals surface area (Å²) in [5, 5.41) is 90.9. The molecule has 2 fully saturated rings. The summed E-state index contributed by atoms with van der Waals surface area (Å²) in [6.07, 6.45) is -16.6. The lowest BCUT2D eigenvalue weighted by Gasteiger charge is -2.42. The Bertz CT molecular complexity index is 1350. The lowest BCUT2D eigenvalue weighted by molar-refractivity contribution is -0.323. The van der Waals surface area contributed by atoms with E-state index in [0.717, 1.165) is 6.07 Å². The van der Waals surface area contributed by atoms with Crippen molar-refractivity contribution in [2.24, 2.45) is 0 Å². The third-order valence-corrected chi connectivity index (χ3v) is 7.51. The monoisotopic (exact) mass is 594 g/mol. The number of ketones is 2. The maximum Gasteiger partial charge on any atom is 0.229 e. The number of aliphatic hydroxyl groups is 8. The predicted octanol–water partition coefficient (Wildman–Crippen LogP) is -3.34. The molecule has 0 radical (unpaired) electrons. The van der Waals surface area contributed by atoms with E-state index in [0.29, 0.717) is 0 Å². The Labute approximate surface area is 237 Å². The molecule has 0 aromatic heterocycles. The van der Waals surface area contributed by atoms with Gasteiger partial charge in [-0.15, -0.1) is 0 Å². The summed E-state index contributed by atoms with van der Waals surface area (Å²) >= 11 is 0. The number of phenolic OH excluding ortho intramolecular Hbond substituents is 1. The van der Waals surface area contributed by atoms with Crippen molar-refractivity contribution < 1.29 is 74.5 Å². The number of aromatic hydroxyl groups is 1. The number of hydrogen-bond donors (Lipinski definition) is 9. The van der Waals surface area contributed by atoms with E-state index in [-0.39, 0.29) is 33.6 Å². The van der Waals surface area contributed by atoms with Crippen LogP contribution in [0.2, 0.25) is 0 Å². The van der Waals surface area contributed by atoms with Crippen molar-refractivity contribution in [3.8, 4) is 11.5 Å². The van der Waals surface area contributed by atoms with Crippen LogP contribution in [0.4, 0.5) is 0 Å². The highest BCUT2D eigenvalue weighted by Crippen LogP contribution is 2.39. The molecule has 0 saturated carbocycles. The second-order valence-electron chi connectivity index (χ2n) is 10.2. The minimum atomic E-state index is -1.86.